The van der Waals surface area contributed by atoms with Crippen LogP contribution >= 0.6 is 11.3 Å². The molecule has 8 aromatic carbocycles. The summed E-state index contributed by atoms with van der Waals surface area (Å²) in [6.45, 7) is 0. The molecular formula is C49H32S. The molecule has 1 heterocycles. The van der Waals surface area contributed by atoms with E-state index in [-0.39, 0.29) is 11.8 Å². The lowest BCUT2D eigenvalue weighted by Gasteiger charge is -2.18. The van der Waals surface area contributed by atoms with Crippen molar-refractivity contribution in [3.63, 3.8) is 0 Å². The molecule has 0 nitrogen and oxygen atoms in total. The van der Waals surface area contributed by atoms with Crippen molar-refractivity contribution in [3.8, 4) is 33.4 Å². The molecular weight excluding hydrogens is 621 g/mol. The van der Waals surface area contributed by atoms with E-state index in [0.717, 1.165) is 6.42 Å². The summed E-state index contributed by atoms with van der Waals surface area (Å²) in [6, 6.07) is 63.7. The smallest absolute Gasteiger partial charge is 0.0400 e. The first-order valence-corrected chi connectivity index (χ1v) is 18.5. The SMILES string of the molecule is c1ccc(C2c3ccccc3-c3cc(-c4cc5c(sc6ccccc65)c5c4-c4ccccc4C5Cc4cccc5ccccc45)ccc32)cc1. The van der Waals surface area contributed by atoms with E-state index in [0.29, 0.717) is 0 Å². The number of thiophene rings is 1. The molecule has 0 saturated carbocycles. The Hall–Kier alpha value is -5.76. The zero-order valence-corrected chi connectivity index (χ0v) is 28.3. The average Bonchev–Trinajstić information content (AvgIpc) is 3.83. The Bertz CT molecular complexity index is 2800. The van der Waals surface area contributed by atoms with Gasteiger partial charge in [-0.05, 0) is 102 Å². The van der Waals surface area contributed by atoms with Gasteiger partial charge < -0.3 is 0 Å². The topological polar surface area (TPSA) is 0 Å². The van der Waals surface area contributed by atoms with E-state index >= 15 is 0 Å². The van der Waals surface area contributed by atoms with Crippen LogP contribution in [0.3, 0.4) is 0 Å². The molecule has 11 rings (SSSR count). The first-order valence-electron chi connectivity index (χ1n) is 17.6. The zero-order valence-electron chi connectivity index (χ0n) is 27.4. The minimum Gasteiger partial charge on any atom is -0.135 e. The van der Waals surface area contributed by atoms with Gasteiger partial charge in [0.15, 0.2) is 0 Å². The number of benzene rings is 8. The Balaban J connectivity index is 1.18. The summed E-state index contributed by atoms with van der Waals surface area (Å²) in [5.74, 6) is 0.511. The Morgan fingerprint density at radius 3 is 2.06 bits per heavy atom. The van der Waals surface area contributed by atoms with Crippen LogP contribution in [0, 0.1) is 0 Å². The van der Waals surface area contributed by atoms with Gasteiger partial charge in [-0.25, -0.2) is 0 Å². The Morgan fingerprint density at radius 2 is 1.16 bits per heavy atom. The summed E-state index contributed by atoms with van der Waals surface area (Å²) in [6.07, 6.45) is 0.967. The van der Waals surface area contributed by atoms with Gasteiger partial charge in [-0.15, -0.1) is 11.3 Å². The molecule has 2 aliphatic rings. The predicted octanol–water partition coefficient (Wildman–Crippen LogP) is 13.4. The molecule has 0 fully saturated rings. The lowest BCUT2D eigenvalue weighted by atomic mass is 9.85. The normalized spacial score (nSPS) is 15.7. The molecule has 2 aliphatic carbocycles. The van der Waals surface area contributed by atoms with E-state index in [1.54, 1.807) is 0 Å². The molecule has 1 aromatic heterocycles. The lowest BCUT2D eigenvalue weighted by Crippen LogP contribution is -2.02. The van der Waals surface area contributed by atoms with Crippen molar-refractivity contribution in [2.24, 2.45) is 0 Å². The van der Waals surface area contributed by atoms with E-state index in [4.69, 9.17) is 0 Å². The van der Waals surface area contributed by atoms with E-state index in [1.807, 2.05) is 11.3 Å². The van der Waals surface area contributed by atoms with E-state index < -0.39 is 0 Å². The standard InChI is InChI=1S/C49H32S/c1-2-14-31(15-3-1)46-38-22-8-6-19-35(38)42-27-33(25-26-40(42)46)41-29-44-37-21-10-11-24-45(37)50-49(44)48-43(36-20-7-9-23-39(36)47(41)48)28-32-17-12-16-30-13-4-5-18-34(30)32/h1-27,29,43,46H,28H2. The molecule has 2 unspecified atom stereocenters. The summed E-state index contributed by atoms with van der Waals surface area (Å²) < 4.78 is 2.79. The number of hydrogen-bond acceptors (Lipinski definition) is 1. The second kappa shape index (κ2) is 10.9. The second-order valence-corrected chi connectivity index (χ2v) is 15.0. The van der Waals surface area contributed by atoms with Crippen molar-refractivity contribution in [1.29, 1.82) is 0 Å². The van der Waals surface area contributed by atoms with Gasteiger partial charge in [0.05, 0.1) is 0 Å². The molecule has 9 aromatic rings. The molecule has 1 heteroatoms. The molecule has 0 spiro atoms. The third-order valence-corrected chi connectivity index (χ3v) is 12.6. The minimum atomic E-state index is 0.247. The number of fused-ring (bicyclic) bond motifs is 11. The Morgan fingerprint density at radius 1 is 0.460 bits per heavy atom. The Labute approximate surface area is 295 Å². The average molecular weight is 653 g/mol. The highest BCUT2D eigenvalue weighted by molar-refractivity contribution is 7.26. The highest BCUT2D eigenvalue weighted by Gasteiger charge is 2.35. The van der Waals surface area contributed by atoms with Gasteiger partial charge in [0.1, 0.15) is 0 Å². The second-order valence-electron chi connectivity index (χ2n) is 13.9. The van der Waals surface area contributed by atoms with Crippen LogP contribution in [-0.4, -0.2) is 0 Å². The first kappa shape index (κ1) is 28.1. The third kappa shape index (κ3) is 4.05. The van der Waals surface area contributed by atoms with Crippen LogP contribution in [0.2, 0.25) is 0 Å². The van der Waals surface area contributed by atoms with Gasteiger partial charge in [0.25, 0.3) is 0 Å². The maximum Gasteiger partial charge on any atom is 0.0400 e. The van der Waals surface area contributed by atoms with Crippen LogP contribution in [0.1, 0.15) is 45.2 Å². The summed E-state index contributed by atoms with van der Waals surface area (Å²) in [5, 5.41) is 5.39. The van der Waals surface area contributed by atoms with Crippen molar-refractivity contribution >= 4 is 42.3 Å². The van der Waals surface area contributed by atoms with Crippen LogP contribution in [0.15, 0.2) is 170 Å². The number of rotatable bonds is 4. The van der Waals surface area contributed by atoms with Crippen LogP contribution < -0.4 is 0 Å². The van der Waals surface area contributed by atoms with Gasteiger partial charge in [-0.2, -0.15) is 0 Å². The Kier molecular flexibility index (Phi) is 6.11. The highest BCUT2D eigenvalue weighted by Crippen LogP contribution is 2.57. The van der Waals surface area contributed by atoms with Crippen molar-refractivity contribution < 1.29 is 0 Å². The van der Waals surface area contributed by atoms with E-state index in [2.05, 4.69) is 170 Å². The summed E-state index contributed by atoms with van der Waals surface area (Å²) >= 11 is 1.97. The zero-order chi connectivity index (χ0) is 32.8. The van der Waals surface area contributed by atoms with Crippen molar-refractivity contribution in [3.05, 3.63) is 203 Å². The van der Waals surface area contributed by atoms with Crippen LogP contribution in [-0.2, 0) is 6.42 Å². The molecule has 0 bridgehead atoms. The minimum absolute atomic E-state index is 0.247. The quantitative estimate of drug-likeness (QED) is 0.177. The fourth-order valence-electron chi connectivity index (χ4n) is 9.20. The maximum atomic E-state index is 2.52. The lowest BCUT2D eigenvalue weighted by molar-refractivity contribution is 0.840. The summed E-state index contributed by atoms with van der Waals surface area (Å²) in [5.41, 5.74) is 16.6. The van der Waals surface area contributed by atoms with Crippen molar-refractivity contribution in [2.75, 3.05) is 0 Å². The predicted molar refractivity (Wildman–Crippen MR) is 213 cm³/mol. The van der Waals surface area contributed by atoms with Gasteiger partial charge in [0.2, 0.25) is 0 Å². The molecule has 0 saturated heterocycles. The van der Waals surface area contributed by atoms with Crippen LogP contribution in [0.25, 0.3) is 64.3 Å². The molecule has 0 radical (unpaired) electrons. The summed E-state index contributed by atoms with van der Waals surface area (Å²) in [4.78, 5) is 0. The molecule has 0 N–H and O–H groups in total. The van der Waals surface area contributed by atoms with Crippen LogP contribution in [0.5, 0.6) is 0 Å². The third-order valence-electron chi connectivity index (χ3n) is 11.3. The number of hydrogen-bond donors (Lipinski definition) is 0. The fourth-order valence-corrected chi connectivity index (χ4v) is 10.5. The van der Waals surface area contributed by atoms with Gasteiger partial charge in [0, 0.05) is 32.0 Å². The fraction of sp³-hybridized carbons (Fsp3) is 0.0612. The molecule has 234 valence electrons. The van der Waals surface area contributed by atoms with Crippen molar-refractivity contribution in [1.82, 2.24) is 0 Å². The highest BCUT2D eigenvalue weighted by atomic mass is 32.1. The van der Waals surface area contributed by atoms with Gasteiger partial charge in [-0.3, -0.25) is 0 Å². The van der Waals surface area contributed by atoms with Crippen LogP contribution in [0.4, 0.5) is 0 Å². The maximum absolute atomic E-state index is 2.52. The van der Waals surface area contributed by atoms with Crippen molar-refractivity contribution in [2.45, 2.75) is 18.3 Å². The van der Waals surface area contributed by atoms with Gasteiger partial charge in [-0.1, -0.05) is 152 Å². The van der Waals surface area contributed by atoms with Gasteiger partial charge >= 0.3 is 0 Å². The summed E-state index contributed by atoms with van der Waals surface area (Å²) in [7, 11) is 0. The molecule has 0 amide bonds. The molecule has 50 heavy (non-hydrogen) atoms. The largest absolute Gasteiger partial charge is 0.135 e. The molecule has 2 atom stereocenters. The molecule has 0 aliphatic heterocycles. The first-order chi connectivity index (χ1) is 24.8. The van der Waals surface area contributed by atoms with E-state index in [9.17, 15) is 0 Å². The monoisotopic (exact) mass is 652 g/mol. The van der Waals surface area contributed by atoms with E-state index in [1.165, 1.54) is 97.7 Å².